The van der Waals surface area contributed by atoms with Gasteiger partial charge in [-0.2, -0.15) is 4.98 Å². The lowest BCUT2D eigenvalue weighted by Crippen LogP contribution is -2.45. The zero-order chi connectivity index (χ0) is 16.1. The van der Waals surface area contributed by atoms with Crippen LogP contribution in [0, 0.1) is 5.92 Å². The number of rotatable bonds is 2. The summed E-state index contributed by atoms with van der Waals surface area (Å²) >= 11 is 0. The van der Waals surface area contributed by atoms with Crippen LogP contribution in [0.15, 0.2) is 28.7 Å². The van der Waals surface area contributed by atoms with Crippen LogP contribution in [0.1, 0.15) is 19.3 Å². The second-order valence-electron chi connectivity index (χ2n) is 7.73. The second kappa shape index (κ2) is 5.74. The number of anilines is 1. The Morgan fingerprint density at radius 3 is 2.67 bits per heavy atom. The van der Waals surface area contributed by atoms with Crippen LogP contribution in [0.5, 0.6) is 0 Å². The zero-order valence-electron chi connectivity index (χ0n) is 14.4. The van der Waals surface area contributed by atoms with E-state index in [1.54, 1.807) is 0 Å². The van der Waals surface area contributed by atoms with Crippen LogP contribution in [-0.4, -0.2) is 66.6 Å². The van der Waals surface area contributed by atoms with Crippen LogP contribution in [0.4, 0.5) is 6.01 Å². The van der Waals surface area contributed by atoms with Gasteiger partial charge in [0.05, 0.1) is 0 Å². The maximum atomic E-state index is 5.94. The number of hydrogen-bond donors (Lipinski definition) is 0. The van der Waals surface area contributed by atoms with E-state index in [1.807, 2.05) is 24.3 Å². The molecule has 128 valence electrons. The molecule has 3 aliphatic heterocycles. The number of hydrogen-bond acceptors (Lipinski definition) is 5. The third kappa shape index (κ3) is 2.42. The number of piperidine rings is 1. The number of nitrogens with zero attached hydrogens (tertiary/aromatic N) is 4. The summed E-state index contributed by atoms with van der Waals surface area (Å²) in [6, 6.07) is 10.4. The fourth-order valence-electron chi connectivity index (χ4n) is 4.92. The summed E-state index contributed by atoms with van der Waals surface area (Å²) in [7, 11) is 2.30. The van der Waals surface area contributed by atoms with E-state index in [0.29, 0.717) is 0 Å². The second-order valence-corrected chi connectivity index (χ2v) is 7.73. The van der Waals surface area contributed by atoms with Crippen LogP contribution in [-0.2, 0) is 0 Å². The van der Waals surface area contributed by atoms with Gasteiger partial charge in [0.25, 0.3) is 6.01 Å². The standard InChI is InChI=1S/C19H26N4O/c1-21-9-6-14-12-23(13-17(14)21)15-7-10-22(11-8-15)19-20-16-4-2-3-5-18(16)24-19/h2-5,14-15,17H,6-13H2,1H3/t14-,17+/m1/s1. The van der Waals surface area contributed by atoms with E-state index in [4.69, 9.17) is 4.42 Å². The fourth-order valence-corrected chi connectivity index (χ4v) is 4.92. The topological polar surface area (TPSA) is 35.8 Å². The molecule has 0 aliphatic carbocycles. The lowest BCUT2D eigenvalue weighted by Gasteiger charge is -2.36. The zero-order valence-corrected chi connectivity index (χ0v) is 14.4. The monoisotopic (exact) mass is 326 g/mol. The molecule has 0 saturated carbocycles. The van der Waals surface area contributed by atoms with Gasteiger partial charge in [0.2, 0.25) is 0 Å². The minimum Gasteiger partial charge on any atom is -0.423 e. The molecule has 0 N–H and O–H groups in total. The van der Waals surface area contributed by atoms with Gasteiger partial charge in [0.1, 0.15) is 5.52 Å². The van der Waals surface area contributed by atoms with Gasteiger partial charge < -0.3 is 14.2 Å². The Morgan fingerprint density at radius 2 is 1.88 bits per heavy atom. The van der Waals surface area contributed by atoms with Crippen LogP contribution in [0.25, 0.3) is 11.1 Å². The minimum absolute atomic E-state index is 0.740. The molecule has 1 aromatic heterocycles. The molecule has 0 amide bonds. The smallest absolute Gasteiger partial charge is 0.298 e. The largest absolute Gasteiger partial charge is 0.423 e. The van der Waals surface area contributed by atoms with Gasteiger partial charge in [-0.25, -0.2) is 0 Å². The summed E-state index contributed by atoms with van der Waals surface area (Å²) in [4.78, 5) is 12.3. The molecule has 5 heteroatoms. The van der Waals surface area contributed by atoms with Crippen molar-refractivity contribution in [3.8, 4) is 0 Å². The van der Waals surface area contributed by atoms with Crippen molar-refractivity contribution in [1.29, 1.82) is 0 Å². The highest BCUT2D eigenvalue weighted by Gasteiger charge is 2.42. The maximum Gasteiger partial charge on any atom is 0.298 e. The van der Waals surface area contributed by atoms with Gasteiger partial charge in [-0.1, -0.05) is 12.1 Å². The number of aromatic nitrogens is 1. The van der Waals surface area contributed by atoms with Crippen molar-refractivity contribution >= 4 is 17.1 Å². The maximum absolute atomic E-state index is 5.94. The Bertz CT molecular complexity index is 688. The van der Waals surface area contributed by atoms with E-state index in [9.17, 15) is 0 Å². The predicted molar refractivity (Wildman–Crippen MR) is 95.3 cm³/mol. The number of likely N-dealkylation sites (tertiary alicyclic amines) is 2. The summed E-state index contributed by atoms with van der Waals surface area (Å²) in [5.41, 5.74) is 1.86. The first-order valence-corrected chi connectivity index (χ1v) is 9.33. The summed E-state index contributed by atoms with van der Waals surface area (Å²) in [6.07, 6.45) is 3.84. The Balaban J connectivity index is 1.23. The third-order valence-corrected chi connectivity index (χ3v) is 6.39. The lowest BCUT2D eigenvalue weighted by molar-refractivity contribution is 0.179. The Kier molecular flexibility index (Phi) is 3.52. The quantitative estimate of drug-likeness (QED) is 0.847. The molecular formula is C19H26N4O. The van der Waals surface area contributed by atoms with Crippen molar-refractivity contribution in [2.45, 2.75) is 31.3 Å². The SMILES string of the molecule is CN1CC[C@@H]2CN(C3CCN(c4nc5ccccc5o4)CC3)C[C@@H]21. The van der Waals surface area contributed by atoms with Gasteiger partial charge in [0.15, 0.2) is 5.58 Å². The molecule has 24 heavy (non-hydrogen) atoms. The molecule has 0 radical (unpaired) electrons. The molecule has 3 aliphatic rings. The minimum atomic E-state index is 0.740. The van der Waals surface area contributed by atoms with Gasteiger partial charge in [-0.05, 0) is 50.9 Å². The summed E-state index contributed by atoms with van der Waals surface area (Å²) in [5.74, 6) is 0.907. The predicted octanol–water partition coefficient (Wildman–Crippen LogP) is 2.43. The van der Waals surface area contributed by atoms with Crippen LogP contribution in [0.3, 0.4) is 0 Å². The Hall–Kier alpha value is -1.59. The number of likely N-dealkylation sites (N-methyl/N-ethyl adjacent to an activating group) is 1. The first kappa shape index (κ1) is 14.7. The summed E-state index contributed by atoms with van der Waals surface area (Å²) in [6.45, 7) is 5.98. The van der Waals surface area contributed by atoms with Crippen molar-refractivity contribution in [2.24, 2.45) is 5.92 Å². The molecule has 4 heterocycles. The number of fused-ring (bicyclic) bond motifs is 2. The first-order valence-electron chi connectivity index (χ1n) is 9.33. The van der Waals surface area contributed by atoms with E-state index < -0.39 is 0 Å². The number of para-hydroxylation sites is 2. The van der Waals surface area contributed by atoms with E-state index in [-0.39, 0.29) is 0 Å². The van der Waals surface area contributed by atoms with E-state index in [1.165, 1.54) is 38.9 Å². The number of oxazole rings is 1. The van der Waals surface area contributed by atoms with Crippen molar-refractivity contribution in [2.75, 3.05) is 44.7 Å². The number of benzene rings is 1. The highest BCUT2D eigenvalue weighted by molar-refractivity contribution is 5.74. The molecule has 5 nitrogen and oxygen atoms in total. The first-order chi connectivity index (χ1) is 11.8. The lowest BCUT2D eigenvalue weighted by atomic mass is 10.0. The molecule has 0 bridgehead atoms. The fraction of sp³-hybridized carbons (Fsp3) is 0.632. The van der Waals surface area contributed by atoms with E-state index in [0.717, 1.165) is 48.2 Å². The summed E-state index contributed by atoms with van der Waals surface area (Å²) < 4.78 is 5.94. The molecule has 3 saturated heterocycles. The average Bonchev–Trinajstić information content (AvgIpc) is 3.30. The van der Waals surface area contributed by atoms with Crippen molar-refractivity contribution < 1.29 is 4.42 Å². The van der Waals surface area contributed by atoms with Crippen molar-refractivity contribution in [3.63, 3.8) is 0 Å². The van der Waals surface area contributed by atoms with Crippen molar-refractivity contribution in [1.82, 2.24) is 14.8 Å². The summed E-state index contributed by atoms with van der Waals surface area (Å²) in [5, 5.41) is 0. The average molecular weight is 326 g/mol. The normalized spacial score (nSPS) is 29.6. The Morgan fingerprint density at radius 1 is 1.04 bits per heavy atom. The highest BCUT2D eigenvalue weighted by Crippen LogP contribution is 2.34. The molecule has 5 rings (SSSR count). The molecule has 0 unspecified atom stereocenters. The molecule has 2 atom stereocenters. The van der Waals surface area contributed by atoms with Crippen molar-refractivity contribution in [3.05, 3.63) is 24.3 Å². The molecule has 3 fully saturated rings. The molecule has 2 aromatic rings. The van der Waals surface area contributed by atoms with Gasteiger partial charge in [0, 0.05) is 38.3 Å². The molecule has 1 aromatic carbocycles. The van der Waals surface area contributed by atoms with Crippen LogP contribution in [0.2, 0.25) is 0 Å². The van der Waals surface area contributed by atoms with Gasteiger partial charge >= 0.3 is 0 Å². The highest BCUT2D eigenvalue weighted by atomic mass is 16.4. The van der Waals surface area contributed by atoms with E-state index in [2.05, 4.69) is 26.7 Å². The third-order valence-electron chi connectivity index (χ3n) is 6.39. The van der Waals surface area contributed by atoms with Gasteiger partial charge in [-0.3, -0.25) is 4.90 Å². The van der Waals surface area contributed by atoms with E-state index >= 15 is 0 Å². The molecular weight excluding hydrogens is 300 g/mol. The molecule has 0 spiro atoms. The van der Waals surface area contributed by atoms with Gasteiger partial charge in [-0.15, -0.1) is 0 Å². The van der Waals surface area contributed by atoms with Crippen LogP contribution < -0.4 is 4.90 Å². The van der Waals surface area contributed by atoms with Crippen LogP contribution >= 0.6 is 0 Å². The Labute approximate surface area is 143 Å².